The highest BCUT2D eigenvalue weighted by molar-refractivity contribution is 5.89. The van der Waals surface area contributed by atoms with Crippen molar-refractivity contribution in [1.29, 1.82) is 0 Å². The van der Waals surface area contributed by atoms with Gasteiger partial charge in [-0.1, -0.05) is 43.8 Å². The molecule has 14 heavy (non-hydrogen) atoms. The Bertz CT molecular complexity index is 300. The molecule has 0 heterocycles. The Hall–Kier alpha value is -1.37. The number of carbonyl (C=O) groups excluding carboxylic acids is 1. The van der Waals surface area contributed by atoms with Crippen LogP contribution in [0.15, 0.2) is 43.0 Å². The fourth-order valence-corrected chi connectivity index (χ4v) is 1.55. The molecular weight excluding hydrogens is 172 g/mol. The average Bonchev–Trinajstić information content (AvgIpc) is 2.26. The highest BCUT2D eigenvalue weighted by atomic mass is 16.1. The van der Waals surface area contributed by atoms with Crippen molar-refractivity contribution in [2.45, 2.75) is 25.7 Å². The van der Waals surface area contributed by atoms with Crippen LogP contribution in [0.25, 0.3) is 0 Å². The third kappa shape index (κ3) is 2.84. The molecule has 0 spiro atoms. The molecule has 0 fully saturated rings. The van der Waals surface area contributed by atoms with E-state index in [1.165, 1.54) is 11.6 Å². The molecule has 0 radical (unpaired) electrons. The molecule has 1 atom stereocenters. The standard InChI is InChI=1S/C13H16O/c1-3-11(10-13(14)4-2)12-8-6-5-7-9-12/h4-9,11H,2-3,10H2,1H3. The van der Waals surface area contributed by atoms with Crippen LogP contribution in [0.5, 0.6) is 0 Å². The van der Waals surface area contributed by atoms with Crippen molar-refractivity contribution >= 4 is 5.78 Å². The van der Waals surface area contributed by atoms with Crippen molar-refractivity contribution in [2.75, 3.05) is 0 Å². The molecule has 1 rings (SSSR count). The van der Waals surface area contributed by atoms with Gasteiger partial charge in [-0.3, -0.25) is 4.79 Å². The topological polar surface area (TPSA) is 17.1 Å². The number of hydrogen-bond acceptors (Lipinski definition) is 1. The van der Waals surface area contributed by atoms with Gasteiger partial charge in [0, 0.05) is 6.42 Å². The quantitative estimate of drug-likeness (QED) is 0.648. The highest BCUT2D eigenvalue weighted by Crippen LogP contribution is 2.23. The molecule has 0 aliphatic rings. The summed E-state index contributed by atoms with van der Waals surface area (Å²) >= 11 is 0. The van der Waals surface area contributed by atoms with Crippen LogP contribution in [0.3, 0.4) is 0 Å². The molecule has 1 aromatic rings. The third-order valence-corrected chi connectivity index (χ3v) is 2.44. The fourth-order valence-electron chi connectivity index (χ4n) is 1.55. The Morgan fingerprint density at radius 3 is 2.57 bits per heavy atom. The zero-order valence-corrected chi connectivity index (χ0v) is 8.57. The summed E-state index contributed by atoms with van der Waals surface area (Å²) in [6.07, 6.45) is 2.97. The van der Waals surface area contributed by atoms with Gasteiger partial charge in [0.1, 0.15) is 0 Å². The summed E-state index contributed by atoms with van der Waals surface area (Å²) in [6, 6.07) is 10.2. The number of hydrogen-bond donors (Lipinski definition) is 0. The van der Waals surface area contributed by atoms with Gasteiger partial charge in [0.25, 0.3) is 0 Å². The fraction of sp³-hybridized carbons (Fsp3) is 0.308. The lowest BCUT2D eigenvalue weighted by Gasteiger charge is -2.12. The lowest BCUT2D eigenvalue weighted by Crippen LogP contribution is -2.03. The van der Waals surface area contributed by atoms with Crippen LogP contribution in [0.1, 0.15) is 31.2 Å². The molecule has 0 aromatic heterocycles. The number of benzene rings is 1. The zero-order chi connectivity index (χ0) is 10.4. The van der Waals surface area contributed by atoms with E-state index in [2.05, 4.69) is 25.6 Å². The van der Waals surface area contributed by atoms with Gasteiger partial charge in [-0.15, -0.1) is 0 Å². The van der Waals surface area contributed by atoms with E-state index in [1.54, 1.807) is 0 Å². The molecule has 0 bridgehead atoms. The molecule has 1 aromatic carbocycles. The van der Waals surface area contributed by atoms with Crippen LogP contribution in [0.2, 0.25) is 0 Å². The normalized spacial score (nSPS) is 12.1. The minimum absolute atomic E-state index is 0.126. The molecule has 0 aliphatic carbocycles. The SMILES string of the molecule is C=CC(=O)CC(CC)c1ccccc1. The van der Waals surface area contributed by atoms with E-state index in [9.17, 15) is 4.79 Å². The molecule has 1 unspecified atom stereocenters. The maximum atomic E-state index is 11.2. The van der Waals surface area contributed by atoms with E-state index in [4.69, 9.17) is 0 Å². The first-order valence-electron chi connectivity index (χ1n) is 4.98. The molecule has 74 valence electrons. The first-order chi connectivity index (χ1) is 6.77. The molecule has 0 saturated carbocycles. The molecule has 0 N–H and O–H groups in total. The summed E-state index contributed by atoms with van der Waals surface area (Å²) in [7, 11) is 0. The van der Waals surface area contributed by atoms with E-state index in [1.807, 2.05) is 18.2 Å². The van der Waals surface area contributed by atoms with E-state index in [0.29, 0.717) is 12.3 Å². The Kier molecular flexibility index (Phi) is 4.11. The van der Waals surface area contributed by atoms with Gasteiger partial charge in [-0.2, -0.15) is 0 Å². The minimum atomic E-state index is 0.126. The van der Waals surface area contributed by atoms with Gasteiger partial charge in [0.05, 0.1) is 0 Å². The van der Waals surface area contributed by atoms with Gasteiger partial charge in [0.2, 0.25) is 0 Å². The predicted octanol–water partition coefficient (Wildman–Crippen LogP) is 3.33. The van der Waals surface area contributed by atoms with Crippen molar-refractivity contribution in [3.63, 3.8) is 0 Å². The van der Waals surface area contributed by atoms with Crippen LogP contribution < -0.4 is 0 Å². The van der Waals surface area contributed by atoms with E-state index >= 15 is 0 Å². The van der Waals surface area contributed by atoms with Crippen LogP contribution in [0, 0.1) is 0 Å². The van der Waals surface area contributed by atoms with E-state index < -0.39 is 0 Å². The summed E-state index contributed by atoms with van der Waals surface area (Å²) in [4.78, 5) is 11.2. The molecule has 0 amide bonds. The molecule has 1 heteroatoms. The van der Waals surface area contributed by atoms with Crippen LogP contribution >= 0.6 is 0 Å². The predicted molar refractivity (Wildman–Crippen MR) is 59.3 cm³/mol. The van der Waals surface area contributed by atoms with Gasteiger partial charge >= 0.3 is 0 Å². The number of carbonyl (C=O) groups is 1. The van der Waals surface area contributed by atoms with Gasteiger partial charge < -0.3 is 0 Å². The molecule has 1 nitrogen and oxygen atoms in total. The lowest BCUT2D eigenvalue weighted by molar-refractivity contribution is -0.115. The summed E-state index contributed by atoms with van der Waals surface area (Å²) < 4.78 is 0. The van der Waals surface area contributed by atoms with Crippen LogP contribution in [-0.4, -0.2) is 5.78 Å². The second-order valence-electron chi connectivity index (χ2n) is 3.39. The average molecular weight is 188 g/mol. The lowest BCUT2D eigenvalue weighted by atomic mass is 9.91. The van der Waals surface area contributed by atoms with Gasteiger partial charge in [0.15, 0.2) is 5.78 Å². The number of rotatable bonds is 5. The van der Waals surface area contributed by atoms with E-state index in [0.717, 1.165) is 6.42 Å². The Morgan fingerprint density at radius 2 is 2.07 bits per heavy atom. The first-order valence-corrected chi connectivity index (χ1v) is 4.98. The van der Waals surface area contributed by atoms with E-state index in [-0.39, 0.29) is 5.78 Å². The molecule has 0 saturated heterocycles. The number of ketones is 1. The van der Waals surface area contributed by atoms with Crippen molar-refractivity contribution in [3.8, 4) is 0 Å². The summed E-state index contributed by atoms with van der Waals surface area (Å²) in [5.74, 6) is 0.461. The van der Waals surface area contributed by atoms with Crippen molar-refractivity contribution in [1.82, 2.24) is 0 Å². The van der Waals surface area contributed by atoms with Crippen molar-refractivity contribution in [2.24, 2.45) is 0 Å². The maximum Gasteiger partial charge on any atom is 0.155 e. The summed E-state index contributed by atoms with van der Waals surface area (Å²) in [5, 5.41) is 0. The maximum absolute atomic E-state index is 11.2. The Labute approximate surface area is 85.5 Å². The largest absolute Gasteiger partial charge is 0.295 e. The highest BCUT2D eigenvalue weighted by Gasteiger charge is 2.11. The van der Waals surface area contributed by atoms with Gasteiger partial charge in [-0.25, -0.2) is 0 Å². The molecule has 0 aliphatic heterocycles. The van der Waals surface area contributed by atoms with Gasteiger partial charge in [-0.05, 0) is 24.0 Å². The van der Waals surface area contributed by atoms with Crippen molar-refractivity contribution < 1.29 is 4.79 Å². The first kappa shape index (κ1) is 10.7. The smallest absolute Gasteiger partial charge is 0.155 e. The van der Waals surface area contributed by atoms with Crippen LogP contribution in [-0.2, 0) is 4.79 Å². The minimum Gasteiger partial charge on any atom is -0.295 e. The second-order valence-corrected chi connectivity index (χ2v) is 3.39. The Balaban J connectivity index is 2.72. The summed E-state index contributed by atoms with van der Waals surface area (Å²) in [6.45, 7) is 5.60. The Morgan fingerprint density at radius 1 is 1.43 bits per heavy atom. The zero-order valence-electron chi connectivity index (χ0n) is 8.57. The molecular formula is C13H16O. The summed E-state index contributed by atoms with van der Waals surface area (Å²) in [5.41, 5.74) is 1.24. The van der Waals surface area contributed by atoms with Crippen molar-refractivity contribution in [3.05, 3.63) is 48.6 Å². The monoisotopic (exact) mass is 188 g/mol. The van der Waals surface area contributed by atoms with Crippen LogP contribution in [0.4, 0.5) is 0 Å². The second kappa shape index (κ2) is 5.38. The number of allylic oxidation sites excluding steroid dienone is 1. The third-order valence-electron chi connectivity index (χ3n) is 2.44.